The second kappa shape index (κ2) is 9.29. The zero-order valence-corrected chi connectivity index (χ0v) is 21.1. The number of benzene rings is 1. The predicted molar refractivity (Wildman–Crippen MR) is 137 cm³/mol. The van der Waals surface area contributed by atoms with Crippen molar-refractivity contribution in [2.45, 2.75) is 42.7 Å². The number of rotatable bonds is 5. The summed E-state index contributed by atoms with van der Waals surface area (Å²) in [4.78, 5) is 19.5. The molecule has 3 aromatic rings. The maximum Gasteiger partial charge on any atom is 0.219 e. The minimum absolute atomic E-state index is 0.0264. The Morgan fingerprint density at radius 2 is 2.00 bits per heavy atom. The maximum absolute atomic E-state index is 13.5. The molecule has 5 rings (SSSR count). The highest BCUT2D eigenvalue weighted by Crippen LogP contribution is 2.50. The van der Waals surface area contributed by atoms with Crippen LogP contribution in [-0.4, -0.2) is 21.0 Å². The maximum atomic E-state index is 13.5. The molecule has 0 amide bonds. The molecule has 7 nitrogen and oxygen atoms in total. The minimum atomic E-state index is -0.539. The second-order valence-electron chi connectivity index (χ2n) is 9.39. The van der Waals surface area contributed by atoms with E-state index in [0.29, 0.717) is 34.9 Å². The number of hydrogen-bond donors (Lipinski definition) is 1. The van der Waals surface area contributed by atoms with Crippen LogP contribution in [0.5, 0.6) is 0 Å². The Balaban J connectivity index is 1.57. The number of anilines is 1. The first-order chi connectivity index (χ1) is 16.9. The van der Waals surface area contributed by atoms with E-state index in [9.17, 15) is 10.1 Å². The van der Waals surface area contributed by atoms with Gasteiger partial charge in [-0.2, -0.15) is 5.26 Å². The van der Waals surface area contributed by atoms with E-state index < -0.39 is 5.92 Å². The molecule has 0 bridgehead atoms. The lowest BCUT2D eigenvalue weighted by Crippen LogP contribution is -2.42. The summed E-state index contributed by atoms with van der Waals surface area (Å²) in [6.45, 7) is 4.15. The number of allylic oxidation sites excluding steroid dienone is 3. The number of nitrogens with two attached hydrogens (primary N) is 1. The molecule has 176 valence electrons. The van der Waals surface area contributed by atoms with E-state index in [0.717, 1.165) is 21.4 Å². The Morgan fingerprint density at radius 3 is 2.71 bits per heavy atom. The highest BCUT2D eigenvalue weighted by atomic mass is 32.2. The molecular formula is C26H24N6OS2. The van der Waals surface area contributed by atoms with Gasteiger partial charge in [0.15, 0.2) is 10.1 Å². The molecule has 0 saturated carbocycles. The smallest absolute Gasteiger partial charge is 0.219 e. The third-order valence-corrected chi connectivity index (χ3v) is 8.30. The number of carbonyl (C=O) groups is 1. The number of ketones is 1. The standard InChI is InChI=1S/C26H24N6OS2/c1-26(2)11-19-22(20(33)12-26)21(17-9-6-10-29-14-17)18(13-27)23(28)32(19)24-30-31-25(35-24)34-15-16-7-4-3-5-8-16/h3-10,14,21H,11-12,15,28H2,1-2H3. The zero-order chi connectivity index (χ0) is 24.6. The number of aromatic nitrogens is 3. The number of nitriles is 1. The third kappa shape index (κ3) is 4.47. The molecule has 0 spiro atoms. The largest absolute Gasteiger partial charge is 0.384 e. The number of Topliss-reactive ketones (excluding diaryl/α,β-unsaturated/α-hetero) is 1. The van der Waals surface area contributed by atoms with E-state index in [1.807, 2.05) is 30.3 Å². The highest BCUT2D eigenvalue weighted by molar-refractivity contribution is 8.00. The lowest BCUT2D eigenvalue weighted by Gasteiger charge is -2.42. The molecule has 1 unspecified atom stereocenters. The zero-order valence-electron chi connectivity index (χ0n) is 19.4. The summed E-state index contributed by atoms with van der Waals surface area (Å²) in [6, 6.07) is 16.1. The molecule has 1 aliphatic heterocycles. The van der Waals surface area contributed by atoms with Gasteiger partial charge in [0.05, 0.1) is 17.6 Å². The summed E-state index contributed by atoms with van der Waals surface area (Å²) in [5, 5.41) is 19.5. The molecule has 2 aliphatic rings. The van der Waals surface area contributed by atoms with Gasteiger partial charge in [0, 0.05) is 35.8 Å². The summed E-state index contributed by atoms with van der Waals surface area (Å²) < 4.78 is 0.799. The summed E-state index contributed by atoms with van der Waals surface area (Å²) in [5.41, 5.74) is 10.1. The molecule has 2 N–H and O–H groups in total. The fourth-order valence-corrected chi connectivity index (χ4v) is 6.51. The van der Waals surface area contributed by atoms with Crippen LogP contribution in [-0.2, 0) is 10.5 Å². The molecule has 3 heterocycles. The number of nitrogens with zero attached hydrogens (tertiary/aromatic N) is 5. The van der Waals surface area contributed by atoms with Crippen molar-refractivity contribution in [1.29, 1.82) is 5.26 Å². The number of hydrogen-bond acceptors (Lipinski definition) is 9. The Morgan fingerprint density at radius 1 is 1.20 bits per heavy atom. The summed E-state index contributed by atoms with van der Waals surface area (Å²) >= 11 is 3.01. The molecule has 0 radical (unpaired) electrons. The first-order valence-electron chi connectivity index (χ1n) is 11.2. The molecule has 0 fully saturated rings. The molecule has 35 heavy (non-hydrogen) atoms. The minimum Gasteiger partial charge on any atom is -0.384 e. The van der Waals surface area contributed by atoms with Crippen LogP contribution < -0.4 is 10.6 Å². The molecule has 1 aromatic carbocycles. The van der Waals surface area contributed by atoms with Gasteiger partial charge in [-0.05, 0) is 29.0 Å². The van der Waals surface area contributed by atoms with E-state index in [1.165, 1.54) is 16.9 Å². The van der Waals surface area contributed by atoms with Gasteiger partial charge in [0.2, 0.25) is 5.13 Å². The van der Waals surface area contributed by atoms with Gasteiger partial charge < -0.3 is 5.73 Å². The van der Waals surface area contributed by atoms with E-state index in [4.69, 9.17) is 5.73 Å². The molecule has 1 aliphatic carbocycles. The Hall–Kier alpha value is -3.48. The number of carbonyl (C=O) groups excluding carboxylic acids is 1. The fraction of sp³-hybridized carbons (Fsp3) is 0.269. The first-order valence-corrected chi connectivity index (χ1v) is 13.0. The van der Waals surface area contributed by atoms with Crippen molar-refractivity contribution in [3.8, 4) is 6.07 Å². The van der Waals surface area contributed by atoms with Crippen LogP contribution in [0.4, 0.5) is 5.13 Å². The van der Waals surface area contributed by atoms with Gasteiger partial charge in [-0.25, -0.2) is 0 Å². The Kier molecular flexibility index (Phi) is 6.17. The molecule has 1 atom stereocenters. The van der Waals surface area contributed by atoms with Gasteiger partial charge in [0.25, 0.3) is 0 Å². The molecule has 9 heteroatoms. The first kappa shape index (κ1) is 23.3. The fourth-order valence-electron chi connectivity index (χ4n) is 4.68. The van der Waals surface area contributed by atoms with Crippen LogP contribution in [0, 0.1) is 16.7 Å². The highest BCUT2D eigenvalue weighted by Gasteiger charge is 2.45. The monoisotopic (exact) mass is 500 g/mol. The lowest BCUT2D eigenvalue weighted by molar-refractivity contribution is -0.118. The van der Waals surface area contributed by atoms with E-state index in [1.54, 1.807) is 29.1 Å². The Labute approximate surface area is 212 Å². The summed E-state index contributed by atoms with van der Waals surface area (Å²) in [7, 11) is 0. The van der Waals surface area contributed by atoms with Crippen molar-refractivity contribution in [3.05, 3.63) is 88.6 Å². The molecular weight excluding hydrogens is 476 g/mol. The average molecular weight is 501 g/mol. The van der Waals surface area contributed by atoms with E-state index in [-0.39, 0.29) is 11.2 Å². The van der Waals surface area contributed by atoms with Gasteiger partial charge >= 0.3 is 0 Å². The third-order valence-electron chi connectivity index (χ3n) is 6.19. The van der Waals surface area contributed by atoms with Crippen molar-refractivity contribution < 1.29 is 4.79 Å². The molecule has 0 saturated heterocycles. The molecule has 2 aromatic heterocycles. The van der Waals surface area contributed by atoms with Crippen molar-refractivity contribution >= 4 is 34.0 Å². The van der Waals surface area contributed by atoms with Gasteiger partial charge in [0.1, 0.15) is 5.82 Å². The lowest BCUT2D eigenvalue weighted by atomic mass is 9.69. The van der Waals surface area contributed by atoms with Crippen LogP contribution in [0.2, 0.25) is 0 Å². The van der Waals surface area contributed by atoms with Crippen molar-refractivity contribution in [2.75, 3.05) is 4.90 Å². The topological polar surface area (TPSA) is 109 Å². The second-order valence-corrected chi connectivity index (χ2v) is 11.6. The van der Waals surface area contributed by atoms with Crippen LogP contribution in [0.15, 0.2) is 81.9 Å². The average Bonchev–Trinajstić information content (AvgIpc) is 3.31. The summed E-state index contributed by atoms with van der Waals surface area (Å²) in [5.74, 6) is 0.551. The van der Waals surface area contributed by atoms with Crippen molar-refractivity contribution in [2.24, 2.45) is 11.1 Å². The number of pyridine rings is 1. The van der Waals surface area contributed by atoms with Crippen molar-refractivity contribution in [1.82, 2.24) is 15.2 Å². The normalized spacial score (nSPS) is 19.5. The Bertz CT molecular complexity index is 1370. The van der Waals surface area contributed by atoms with Crippen LogP contribution in [0.3, 0.4) is 0 Å². The quantitative estimate of drug-likeness (QED) is 0.478. The van der Waals surface area contributed by atoms with Crippen LogP contribution in [0.1, 0.15) is 43.7 Å². The van der Waals surface area contributed by atoms with Crippen LogP contribution in [0.25, 0.3) is 0 Å². The van der Waals surface area contributed by atoms with Gasteiger partial charge in [-0.1, -0.05) is 73.3 Å². The summed E-state index contributed by atoms with van der Waals surface area (Å²) in [6.07, 6.45) is 4.42. The SMILES string of the molecule is CC1(C)CC(=O)C2=C(C1)N(c1nnc(SCc3ccccc3)s1)C(N)=C(C#N)C2c1cccnc1. The van der Waals surface area contributed by atoms with E-state index >= 15 is 0 Å². The van der Waals surface area contributed by atoms with Gasteiger partial charge in [-0.3, -0.25) is 14.7 Å². The van der Waals surface area contributed by atoms with Crippen LogP contribution >= 0.6 is 23.1 Å². The number of thioether (sulfide) groups is 1. The predicted octanol–water partition coefficient (Wildman–Crippen LogP) is 5.17. The van der Waals surface area contributed by atoms with Gasteiger partial charge in [-0.15, -0.1) is 10.2 Å². The van der Waals surface area contributed by atoms with Crippen molar-refractivity contribution in [3.63, 3.8) is 0 Å². The van der Waals surface area contributed by atoms with E-state index in [2.05, 4.69) is 47.2 Å².